The fraction of sp³-hybridized carbons (Fsp3) is 0.235. The van der Waals surface area contributed by atoms with Gasteiger partial charge in [-0.05, 0) is 52.8 Å². The Bertz CT molecular complexity index is 599. The SMILES string of the molecule is CCCNC(=O)c1ccc(OCc2ccccc2)c(I)c1. The summed E-state index contributed by atoms with van der Waals surface area (Å²) >= 11 is 2.19. The van der Waals surface area contributed by atoms with Gasteiger partial charge in [0.1, 0.15) is 12.4 Å². The van der Waals surface area contributed by atoms with E-state index in [9.17, 15) is 4.79 Å². The molecule has 0 unspecified atom stereocenters. The second kappa shape index (κ2) is 8.02. The van der Waals surface area contributed by atoms with Crippen molar-refractivity contribution in [1.29, 1.82) is 0 Å². The van der Waals surface area contributed by atoms with E-state index in [0.29, 0.717) is 18.7 Å². The Kier molecular flexibility index (Phi) is 6.04. The smallest absolute Gasteiger partial charge is 0.251 e. The van der Waals surface area contributed by atoms with Crippen molar-refractivity contribution >= 4 is 28.5 Å². The molecule has 1 N–H and O–H groups in total. The zero-order chi connectivity index (χ0) is 15.1. The third-order valence-corrected chi connectivity index (χ3v) is 3.81. The molecule has 0 fully saturated rings. The maximum Gasteiger partial charge on any atom is 0.251 e. The molecule has 0 saturated carbocycles. The van der Waals surface area contributed by atoms with Crippen molar-refractivity contribution in [1.82, 2.24) is 5.32 Å². The molecule has 2 rings (SSSR count). The normalized spacial score (nSPS) is 10.2. The van der Waals surface area contributed by atoms with Crippen molar-refractivity contribution in [3.05, 3.63) is 63.2 Å². The van der Waals surface area contributed by atoms with Gasteiger partial charge in [0.15, 0.2) is 0 Å². The van der Waals surface area contributed by atoms with Crippen LogP contribution in [-0.2, 0) is 6.61 Å². The highest BCUT2D eigenvalue weighted by Gasteiger charge is 2.08. The molecule has 3 nitrogen and oxygen atoms in total. The van der Waals surface area contributed by atoms with E-state index in [0.717, 1.165) is 21.3 Å². The molecule has 0 radical (unpaired) electrons. The van der Waals surface area contributed by atoms with E-state index in [2.05, 4.69) is 27.9 Å². The van der Waals surface area contributed by atoms with E-state index < -0.39 is 0 Å². The van der Waals surface area contributed by atoms with Gasteiger partial charge >= 0.3 is 0 Å². The molecule has 0 aliphatic rings. The van der Waals surface area contributed by atoms with Gasteiger partial charge in [-0.15, -0.1) is 0 Å². The van der Waals surface area contributed by atoms with Crippen LogP contribution < -0.4 is 10.1 Å². The van der Waals surface area contributed by atoms with Crippen molar-refractivity contribution in [2.75, 3.05) is 6.54 Å². The third kappa shape index (κ3) is 4.74. The van der Waals surface area contributed by atoms with E-state index in [-0.39, 0.29) is 5.91 Å². The molecule has 0 atom stereocenters. The fourth-order valence-corrected chi connectivity index (χ4v) is 2.51. The van der Waals surface area contributed by atoms with Gasteiger partial charge in [-0.1, -0.05) is 37.3 Å². The van der Waals surface area contributed by atoms with Crippen LogP contribution in [0.3, 0.4) is 0 Å². The Morgan fingerprint density at radius 2 is 1.95 bits per heavy atom. The molecular weight excluding hydrogens is 377 g/mol. The molecule has 110 valence electrons. The number of hydrogen-bond acceptors (Lipinski definition) is 2. The standard InChI is InChI=1S/C17H18INO2/c1-2-10-19-17(20)14-8-9-16(15(18)11-14)21-12-13-6-4-3-5-7-13/h3-9,11H,2,10,12H2,1H3,(H,19,20). The first-order valence-electron chi connectivity index (χ1n) is 6.95. The third-order valence-electron chi connectivity index (χ3n) is 2.97. The van der Waals surface area contributed by atoms with Gasteiger partial charge in [-0.25, -0.2) is 0 Å². The van der Waals surface area contributed by atoms with Gasteiger partial charge < -0.3 is 10.1 Å². The molecule has 21 heavy (non-hydrogen) atoms. The predicted molar refractivity (Wildman–Crippen MR) is 92.6 cm³/mol. The topological polar surface area (TPSA) is 38.3 Å². The summed E-state index contributed by atoms with van der Waals surface area (Å²) in [5.74, 6) is 0.760. The summed E-state index contributed by atoms with van der Waals surface area (Å²) < 4.78 is 6.74. The number of benzene rings is 2. The van der Waals surface area contributed by atoms with Gasteiger partial charge in [0.2, 0.25) is 0 Å². The summed E-state index contributed by atoms with van der Waals surface area (Å²) in [5, 5.41) is 2.87. The van der Waals surface area contributed by atoms with E-state index in [4.69, 9.17) is 4.74 Å². The lowest BCUT2D eigenvalue weighted by Gasteiger charge is -2.10. The van der Waals surface area contributed by atoms with Gasteiger partial charge in [-0.2, -0.15) is 0 Å². The molecule has 0 saturated heterocycles. The lowest BCUT2D eigenvalue weighted by Crippen LogP contribution is -2.24. The largest absolute Gasteiger partial charge is 0.488 e. The molecule has 0 bridgehead atoms. The van der Waals surface area contributed by atoms with E-state index in [1.54, 1.807) is 6.07 Å². The maximum atomic E-state index is 11.9. The molecule has 0 aromatic heterocycles. The first kappa shape index (κ1) is 15.8. The molecule has 1 amide bonds. The molecule has 0 aliphatic heterocycles. The summed E-state index contributed by atoms with van der Waals surface area (Å²) in [7, 11) is 0. The molecule has 2 aromatic carbocycles. The number of rotatable bonds is 6. The first-order chi connectivity index (χ1) is 10.2. The van der Waals surface area contributed by atoms with Gasteiger partial charge in [-0.3, -0.25) is 4.79 Å². The molecular formula is C17H18INO2. The summed E-state index contributed by atoms with van der Waals surface area (Å²) in [6.07, 6.45) is 0.932. The van der Waals surface area contributed by atoms with Gasteiger partial charge in [0.05, 0.1) is 3.57 Å². The minimum Gasteiger partial charge on any atom is -0.488 e. The monoisotopic (exact) mass is 395 g/mol. The minimum atomic E-state index is -0.0376. The van der Waals surface area contributed by atoms with Crippen molar-refractivity contribution in [2.45, 2.75) is 20.0 Å². The Balaban J connectivity index is 2.00. The molecule has 4 heteroatoms. The van der Waals surface area contributed by atoms with Crippen LogP contribution in [0.2, 0.25) is 0 Å². The lowest BCUT2D eigenvalue weighted by molar-refractivity contribution is 0.0953. The van der Waals surface area contributed by atoms with E-state index in [1.807, 2.05) is 49.4 Å². The average molecular weight is 395 g/mol. The highest BCUT2D eigenvalue weighted by atomic mass is 127. The average Bonchev–Trinajstić information content (AvgIpc) is 2.52. The van der Waals surface area contributed by atoms with Crippen LogP contribution in [0.4, 0.5) is 0 Å². The number of nitrogens with one attached hydrogen (secondary N) is 1. The number of ether oxygens (including phenoxy) is 1. The zero-order valence-electron chi connectivity index (χ0n) is 11.9. The Morgan fingerprint density at radius 3 is 2.62 bits per heavy atom. The predicted octanol–water partition coefficient (Wildman–Crippen LogP) is 4.01. The highest BCUT2D eigenvalue weighted by molar-refractivity contribution is 14.1. The molecule has 0 spiro atoms. The maximum absolute atomic E-state index is 11.9. The van der Waals surface area contributed by atoms with Crippen molar-refractivity contribution in [2.24, 2.45) is 0 Å². The Morgan fingerprint density at radius 1 is 1.19 bits per heavy atom. The minimum absolute atomic E-state index is 0.0376. The highest BCUT2D eigenvalue weighted by Crippen LogP contribution is 2.23. The summed E-state index contributed by atoms with van der Waals surface area (Å²) in [6.45, 7) is 3.25. The van der Waals surface area contributed by atoms with Gasteiger partial charge in [0.25, 0.3) is 5.91 Å². The van der Waals surface area contributed by atoms with Crippen LogP contribution in [0, 0.1) is 3.57 Å². The number of carbonyl (C=O) groups is 1. The molecule has 0 heterocycles. The number of carbonyl (C=O) groups excluding carboxylic acids is 1. The second-order valence-corrected chi connectivity index (χ2v) is 5.84. The van der Waals surface area contributed by atoms with Crippen LogP contribution in [0.25, 0.3) is 0 Å². The van der Waals surface area contributed by atoms with Gasteiger partial charge in [0, 0.05) is 12.1 Å². The lowest BCUT2D eigenvalue weighted by atomic mass is 10.2. The van der Waals surface area contributed by atoms with Crippen molar-refractivity contribution < 1.29 is 9.53 Å². The summed E-state index contributed by atoms with van der Waals surface area (Å²) in [4.78, 5) is 11.9. The Labute approximate surface area is 138 Å². The molecule has 2 aromatic rings. The van der Waals surface area contributed by atoms with E-state index in [1.165, 1.54) is 0 Å². The second-order valence-electron chi connectivity index (χ2n) is 4.68. The molecule has 0 aliphatic carbocycles. The van der Waals surface area contributed by atoms with Crippen LogP contribution >= 0.6 is 22.6 Å². The van der Waals surface area contributed by atoms with Crippen molar-refractivity contribution in [3.63, 3.8) is 0 Å². The summed E-state index contributed by atoms with van der Waals surface area (Å²) in [6, 6.07) is 15.5. The van der Waals surface area contributed by atoms with Crippen LogP contribution in [0.1, 0.15) is 29.3 Å². The first-order valence-corrected chi connectivity index (χ1v) is 8.03. The van der Waals surface area contributed by atoms with Crippen molar-refractivity contribution in [3.8, 4) is 5.75 Å². The fourth-order valence-electron chi connectivity index (χ4n) is 1.84. The van der Waals surface area contributed by atoms with Crippen LogP contribution in [-0.4, -0.2) is 12.5 Å². The number of halogens is 1. The summed E-state index contributed by atoms with van der Waals surface area (Å²) in [5.41, 5.74) is 1.79. The van der Waals surface area contributed by atoms with Crippen LogP contribution in [0.15, 0.2) is 48.5 Å². The zero-order valence-corrected chi connectivity index (χ0v) is 14.1. The number of amides is 1. The van der Waals surface area contributed by atoms with Crippen LogP contribution in [0.5, 0.6) is 5.75 Å². The Hall–Kier alpha value is -1.56. The number of hydrogen-bond donors (Lipinski definition) is 1. The van der Waals surface area contributed by atoms with E-state index >= 15 is 0 Å². The quantitative estimate of drug-likeness (QED) is 0.751.